The van der Waals surface area contributed by atoms with Crippen molar-refractivity contribution in [3.63, 3.8) is 0 Å². The Morgan fingerprint density at radius 3 is 3.08 bits per heavy atom. The van der Waals surface area contributed by atoms with Crippen LogP contribution in [0.4, 0.5) is 0 Å². The molecule has 2 aliphatic rings. The first-order valence-electron chi connectivity index (χ1n) is 8.71. The topological polar surface area (TPSA) is 51.2 Å². The molecule has 1 amide bonds. The predicted molar refractivity (Wildman–Crippen MR) is 94.7 cm³/mol. The molecule has 126 valence electrons. The molecule has 1 aromatic carbocycles. The second-order valence-corrected chi connectivity index (χ2v) is 7.75. The Morgan fingerprint density at radius 1 is 1.33 bits per heavy atom. The summed E-state index contributed by atoms with van der Waals surface area (Å²) in [7, 11) is 0. The molecule has 4 rings (SSSR count). The molecule has 4 nitrogen and oxygen atoms in total. The fourth-order valence-electron chi connectivity index (χ4n) is 3.45. The highest BCUT2D eigenvalue weighted by Gasteiger charge is 2.20. The molecule has 24 heavy (non-hydrogen) atoms. The highest BCUT2D eigenvalue weighted by atomic mass is 32.1. The number of benzene rings is 1. The average Bonchev–Trinajstić information content (AvgIpc) is 3.20. The van der Waals surface area contributed by atoms with Crippen molar-refractivity contribution in [2.75, 3.05) is 6.61 Å². The Balaban J connectivity index is 1.39. The first kappa shape index (κ1) is 15.6. The summed E-state index contributed by atoms with van der Waals surface area (Å²) in [6.45, 7) is 2.77. The van der Waals surface area contributed by atoms with Gasteiger partial charge >= 0.3 is 0 Å². The zero-order valence-corrected chi connectivity index (χ0v) is 14.7. The third-order valence-corrected chi connectivity index (χ3v) is 6.07. The number of nitrogens with one attached hydrogen (secondary N) is 1. The maximum absolute atomic E-state index is 12.4. The summed E-state index contributed by atoms with van der Waals surface area (Å²) in [6, 6.07) is 6.03. The molecule has 1 aliphatic heterocycles. The molecule has 1 aromatic heterocycles. The minimum Gasteiger partial charge on any atom is -0.493 e. The summed E-state index contributed by atoms with van der Waals surface area (Å²) in [5.74, 6) is 1.01. The van der Waals surface area contributed by atoms with E-state index in [1.807, 2.05) is 19.1 Å². The second-order valence-electron chi connectivity index (χ2n) is 6.64. The molecule has 0 unspecified atom stereocenters. The van der Waals surface area contributed by atoms with Gasteiger partial charge in [0.05, 0.1) is 24.8 Å². The number of hydrogen-bond acceptors (Lipinski definition) is 4. The highest BCUT2D eigenvalue weighted by molar-refractivity contribution is 7.11. The lowest BCUT2D eigenvalue weighted by Crippen LogP contribution is -2.28. The summed E-state index contributed by atoms with van der Waals surface area (Å²) >= 11 is 1.77. The molecule has 0 bridgehead atoms. The largest absolute Gasteiger partial charge is 0.493 e. The van der Waals surface area contributed by atoms with Crippen LogP contribution in [-0.4, -0.2) is 17.5 Å². The van der Waals surface area contributed by atoms with Crippen molar-refractivity contribution in [1.29, 1.82) is 0 Å². The van der Waals surface area contributed by atoms with Crippen LogP contribution in [0.25, 0.3) is 0 Å². The van der Waals surface area contributed by atoms with Crippen LogP contribution in [-0.2, 0) is 30.5 Å². The lowest BCUT2D eigenvalue weighted by molar-refractivity contribution is -0.121. The zero-order chi connectivity index (χ0) is 16.5. The van der Waals surface area contributed by atoms with Crippen LogP contribution < -0.4 is 10.1 Å². The number of carbonyl (C=O) groups is 1. The van der Waals surface area contributed by atoms with E-state index < -0.39 is 0 Å². The smallest absolute Gasteiger partial charge is 0.224 e. The number of nitrogens with zero attached hydrogens (tertiary/aromatic N) is 1. The predicted octanol–water partition coefficient (Wildman–Crippen LogP) is 3.38. The molecular weight excluding hydrogens is 320 g/mol. The maximum atomic E-state index is 12.4. The minimum absolute atomic E-state index is 0.0224. The second kappa shape index (κ2) is 6.55. The lowest BCUT2D eigenvalue weighted by Gasteiger charge is -2.11. The van der Waals surface area contributed by atoms with Gasteiger partial charge in [-0.25, -0.2) is 4.98 Å². The van der Waals surface area contributed by atoms with Crippen molar-refractivity contribution in [2.45, 2.75) is 51.5 Å². The Bertz CT molecular complexity index is 745. The molecule has 0 radical (unpaired) electrons. The van der Waals surface area contributed by atoms with Crippen LogP contribution in [0.2, 0.25) is 0 Å². The van der Waals surface area contributed by atoms with E-state index in [0.29, 0.717) is 6.42 Å². The summed E-state index contributed by atoms with van der Waals surface area (Å²) in [4.78, 5) is 18.5. The van der Waals surface area contributed by atoms with Gasteiger partial charge in [0.1, 0.15) is 10.8 Å². The van der Waals surface area contributed by atoms with Gasteiger partial charge in [0.2, 0.25) is 5.91 Å². The van der Waals surface area contributed by atoms with Crippen LogP contribution >= 0.6 is 11.3 Å². The van der Waals surface area contributed by atoms with Crippen molar-refractivity contribution in [1.82, 2.24) is 10.3 Å². The van der Waals surface area contributed by atoms with Crippen molar-refractivity contribution in [3.05, 3.63) is 44.9 Å². The summed E-state index contributed by atoms with van der Waals surface area (Å²) in [5, 5.41) is 4.14. The van der Waals surface area contributed by atoms with Gasteiger partial charge in [-0.15, -0.1) is 11.3 Å². The average molecular weight is 342 g/mol. The molecule has 2 aromatic rings. The van der Waals surface area contributed by atoms with Crippen molar-refractivity contribution in [2.24, 2.45) is 0 Å². The van der Waals surface area contributed by atoms with E-state index in [9.17, 15) is 4.79 Å². The summed E-state index contributed by atoms with van der Waals surface area (Å²) < 4.78 is 5.51. The van der Waals surface area contributed by atoms with Gasteiger partial charge in [-0.1, -0.05) is 12.1 Å². The van der Waals surface area contributed by atoms with E-state index in [0.717, 1.165) is 42.2 Å². The molecule has 0 saturated carbocycles. The number of hydrogen-bond donors (Lipinski definition) is 1. The molecule has 0 saturated heterocycles. The van der Waals surface area contributed by atoms with Crippen molar-refractivity contribution in [3.8, 4) is 5.75 Å². The number of thiazole rings is 1. The number of ether oxygens (including phenoxy) is 1. The Kier molecular flexibility index (Phi) is 4.27. The third-order valence-electron chi connectivity index (χ3n) is 4.73. The van der Waals surface area contributed by atoms with E-state index in [1.54, 1.807) is 11.3 Å². The number of rotatable bonds is 4. The summed E-state index contributed by atoms with van der Waals surface area (Å²) in [5.41, 5.74) is 3.50. The van der Waals surface area contributed by atoms with Gasteiger partial charge in [0.25, 0.3) is 0 Å². The summed E-state index contributed by atoms with van der Waals surface area (Å²) in [6.07, 6.45) is 6.07. The monoisotopic (exact) mass is 342 g/mol. The number of aryl methyl sites for hydroxylation is 2. The van der Waals surface area contributed by atoms with Crippen LogP contribution in [0.15, 0.2) is 18.2 Å². The highest BCUT2D eigenvalue weighted by Crippen LogP contribution is 2.30. The van der Waals surface area contributed by atoms with E-state index >= 15 is 0 Å². The molecule has 1 atom stereocenters. The number of fused-ring (bicyclic) bond motifs is 2. The first-order valence-corrected chi connectivity index (χ1v) is 9.53. The normalized spacial score (nSPS) is 16.9. The van der Waals surface area contributed by atoms with Crippen LogP contribution in [0, 0.1) is 0 Å². The van der Waals surface area contributed by atoms with Gasteiger partial charge < -0.3 is 10.1 Å². The van der Waals surface area contributed by atoms with Gasteiger partial charge in [-0.05, 0) is 49.8 Å². The maximum Gasteiger partial charge on any atom is 0.224 e. The SMILES string of the molecule is C[C@H](NC(=O)Cc1ccc2c(c1)CCO2)c1nc2c(s1)CCCC2. The third kappa shape index (κ3) is 3.18. The van der Waals surface area contributed by atoms with Crippen LogP contribution in [0.5, 0.6) is 5.75 Å². The van der Waals surface area contributed by atoms with Crippen LogP contribution in [0.3, 0.4) is 0 Å². The van der Waals surface area contributed by atoms with Gasteiger partial charge in [0.15, 0.2) is 0 Å². The Morgan fingerprint density at radius 2 is 2.21 bits per heavy atom. The molecule has 1 N–H and O–H groups in total. The molecule has 5 heteroatoms. The van der Waals surface area contributed by atoms with Crippen molar-refractivity contribution < 1.29 is 9.53 Å². The number of aromatic nitrogens is 1. The van der Waals surface area contributed by atoms with Crippen molar-refractivity contribution >= 4 is 17.2 Å². The van der Waals surface area contributed by atoms with E-state index in [4.69, 9.17) is 9.72 Å². The molecular formula is C19H22N2O2S. The quantitative estimate of drug-likeness (QED) is 0.927. The standard InChI is InChI=1S/C19H22N2O2S/c1-12(19-21-15-4-2-3-5-17(15)24-19)20-18(22)11-13-6-7-16-14(10-13)8-9-23-16/h6-7,10,12H,2-5,8-9,11H2,1H3,(H,20,22)/t12-/m0/s1. The molecule has 0 spiro atoms. The van der Waals surface area contributed by atoms with Gasteiger partial charge in [0, 0.05) is 11.3 Å². The zero-order valence-electron chi connectivity index (χ0n) is 13.9. The fraction of sp³-hybridized carbons (Fsp3) is 0.474. The van der Waals surface area contributed by atoms with E-state index in [2.05, 4.69) is 11.4 Å². The Labute approximate surface area is 146 Å². The molecule has 1 aliphatic carbocycles. The fourth-order valence-corrected chi connectivity index (χ4v) is 4.60. The van der Waals surface area contributed by atoms with E-state index in [1.165, 1.54) is 29.0 Å². The first-order chi connectivity index (χ1) is 11.7. The molecule has 0 fully saturated rings. The number of amides is 1. The number of carbonyl (C=O) groups excluding carboxylic acids is 1. The lowest BCUT2D eigenvalue weighted by atomic mass is 10.0. The van der Waals surface area contributed by atoms with Crippen LogP contribution in [0.1, 0.15) is 52.5 Å². The minimum atomic E-state index is -0.0224. The van der Waals surface area contributed by atoms with Gasteiger partial charge in [-0.2, -0.15) is 0 Å². The van der Waals surface area contributed by atoms with Gasteiger partial charge in [-0.3, -0.25) is 4.79 Å². The van der Waals surface area contributed by atoms with E-state index in [-0.39, 0.29) is 11.9 Å². The Hall–Kier alpha value is -1.88. The molecule has 2 heterocycles.